The number of hydrogen-bond acceptors (Lipinski definition) is 4. The van der Waals surface area contributed by atoms with Crippen LogP contribution in [0.25, 0.3) is 0 Å². The number of aliphatic hydroxyl groups is 1. The number of likely N-dealkylation sites (tertiary alicyclic amines) is 1. The molecule has 7 heteroatoms. The third-order valence-electron chi connectivity index (χ3n) is 6.28. The predicted molar refractivity (Wildman–Crippen MR) is 102 cm³/mol. The van der Waals surface area contributed by atoms with Gasteiger partial charge in [0.25, 0.3) is 0 Å². The van der Waals surface area contributed by atoms with Gasteiger partial charge in [0.1, 0.15) is 5.75 Å². The lowest BCUT2D eigenvalue weighted by atomic mass is 9.72. The minimum Gasteiger partial charge on any atom is -0.406 e. The molecule has 28 heavy (non-hydrogen) atoms. The van der Waals surface area contributed by atoms with Gasteiger partial charge in [0.15, 0.2) is 0 Å². The number of alkyl halides is 3. The minimum absolute atomic E-state index is 0.220. The molecular formula is C21H31F3N2O2. The maximum Gasteiger partial charge on any atom is 0.573 e. The summed E-state index contributed by atoms with van der Waals surface area (Å²) in [5.41, 5.74) is -0.162. The molecule has 1 aromatic rings. The number of ether oxygens (including phenoxy) is 1. The van der Waals surface area contributed by atoms with E-state index >= 15 is 0 Å². The van der Waals surface area contributed by atoms with Crippen molar-refractivity contribution in [1.29, 1.82) is 0 Å². The van der Waals surface area contributed by atoms with Crippen LogP contribution in [-0.4, -0.2) is 66.6 Å². The summed E-state index contributed by atoms with van der Waals surface area (Å²) in [5, 5.41) is 11.4. The molecule has 1 saturated heterocycles. The quantitative estimate of drug-likeness (QED) is 0.783. The molecule has 3 rings (SSSR count). The Morgan fingerprint density at radius 3 is 2.57 bits per heavy atom. The molecule has 2 fully saturated rings. The first kappa shape index (κ1) is 21.4. The highest BCUT2D eigenvalue weighted by molar-refractivity contribution is 5.33. The lowest BCUT2D eigenvalue weighted by Crippen LogP contribution is -2.44. The Kier molecular flexibility index (Phi) is 6.57. The van der Waals surface area contributed by atoms with E-state index in [1.165, 1.54) is 12.1 Å². The van der Waals surface area contributed by atoms with E-state index in [1.54, 1.807) is 6.07 Å². The second kappa shape index (κ2) is 8.59. The number of likely N-dealkylation sites (N-methyl/N-ethyl adjacent to an activating group) is 1. The summed E-state index contributed by atoms with van der Waals surface area (Å²) in [6.45, 7) is 2.50. The predicted octanol–water partition coefficient (Wildman–Crippen LogP) is 4.00. The van der Waals surface area contributed by atoms with Crippen LogP contribution in [-0.2, 0) is 0 Å². The fourth-order valence-corrected chi connectivity index (χ4v) is 4.68. The Morgan fingerprint density at radius 2 is 1.96 bits per heavy atom. The Hall–Kier alpha value is -1.31. The molecule has 2 aliphatic rings. The highest BCUT2D eigenvalue weighted by Crippen LogP contribution is 2.42. The maximum atomic E-state index is 12.7. The Labute approximate surface area is 165 Å². The summed E-state index contributed by atoms with van der Waals surface area (Å²) in [6, 6.07) is 6.64. The Bertz CT molecular complexity index is 645. The summed E-state index contributed by atoms with van der Waals surface area (Å²) in [5.74, 6) is -0.451. The monoisotopic (exact) mass is 400 g/mol. The van der Waals surface area contributed by atoms with E-state index in [1.807, 2.05) is 6.07 Å². The van der Waals surface area contributed by atoms with E-state index in [2.05, 4.69) is 28.6 Å². The van der Waals surface area contributed by atoms with Crippen molar-refractivity contribution in [3.63, 3.8) is 0 Å². The second-order valence-electron chi connectivity index (χ2n) is 8.50. The van der Waals surface area contributed by atoms with E-state index in [0.29, 0.717) is 25.4 Å². The summed E-state index contributed by atoms with van der Waals surface area (Å²) in [4.78, 5) is 4.54. The van der Waals surface area contributed by atoms with Gasteiger partial charge in [0, 0.05) is 25.0 Å². The van der Waals surface area contributed by atoms with Crippen molar-refractivity contribution < 1.29 is 23.0 Å². The SMILES string of the molecule is CN(C)[C@@H]1CCN(CC(c2cccc(OC(F)(F)F)c2)C2(O)CCCCC2)C1. The average Bonchev–Trinajstić information content (AvgIpc) is 3.08. The van der Waals surface area contributed by atoms with Gasteiger partial charge in [0.05, 0.1) is 5.60 Å². The fourth-order valence-electron chi connectivity index (χ4n) is 4.68. The number of rotatable bonds is 6. The van der Waals surface area contributed by atoms with Crippen molar-refractivity contribution in [2.24, 2.45) is 0 Å². The van der Waals surface area contributed by atoms with E-state index < -0.39 is 12.0 Å². The molecule has 0 spiro atoms. The zero-order chi connectivity index (χ0) is 20.4. The van der Waals surface area contributed by atoms with Crippen molar-refractivity contribution in [2.45, 2.75) is 62.4 Å². The van der Waals surface area contributed by atoms with Gasteiger partial charge in [-0.05, 0) is 57.6 Å². The molecule has 1 unspecified atom stereocenters. The van der Waals surface area contributed by atoms with Gasteiger partial charge in [-0.25, -0.2) is 0 Å². The molecule has 2 atom stereocenters. The normalized spacial score (nSPS) is 24.5. The van der Waals surface area contributed by atoms with Crippen LogP contribution in [0, 0.1) is 0 Å². The molecule has 158 valence electrons. The van der Waals surface area contributed by atoms with Crippen molar-refractivity contribution in [3.05, 3.63) is 29.8 Å². The van der Waals surface area contributed by atoms with Crippen molar-refractivity contribution in [3.8, 4) is 5.75 Å². The van der Waals surface area contributed by atoms with Gasteiger partial charge in [-0.2, -0.15) is 0 Å². The molecule has 1 saturated carbocycles. The standard InChI is InChI=1S/C21H31F3N2O2/c1-25(2)17-9-12-26(14-17)15-19(20(27)10-4-3-5-11-20)16-7-6-8-18(13-16)28-21(22,23)24/h6-8,13,17,19,27H,3-5,9-12,14-15H2,1-2H3/t17-,19?/m1/s1. The van der Waals surface area contributed by atoms with Crippen LogP contribution >= 0.6 is 0 Å². The average molecular weight is 400 g/mol. The van der Waals surface area contributed by atoms with Crippen molar-refractivity contribution >= 4 is 0 Å². The molecule has 0 aromatic heterocycles. The first-order valence-electron chi connectivity index (χ1n) is 10.1. The van der Waals surface area contributed by atoms with E-state index in [0.717, 1.165) is 44.3 Å². The molecule has 1 aliphatic heterocycles. The Balaban J connectivity index is 1.83. The van der Waals surface area contributed by atoms with Crippen molar-refractivity contribution in [2.75, 3.05) is 33.7 Å². The largest absolute Gasteiger partial charge is 0.573 e. The maximum absolute atomic E-state index is 12.7. The lowest BCUT2D eigenvalue weighted by Gasteiger charge is -2.41. The highest BCUT2D eigenvalue weighted by atomic mass is 19.4. The number of benzene rings is 1. The molecule has 1 heterocycles. The van der Waals surface area contributed by atoms with E-state index in [9.17, 15) is 18.3 Å². The smallest absolute Gasteiger partial charge is 0.406 e. The van der Waals surface area contributed by atoms with Crippen LogP contribution in [0.3, 0.4) is 0 Å². The second-order valence-corrected chi connectivity index (χ2v) is 8.50. The zero-order valence-corrected chi connectivity index (χ0v) is 16.7. The van der Waals surface area contributed by atoms with Crippen molar-refractivity contribution in [1.82, 2.24) is 9.80 Å². The molecule has 1 aliphatic carbocycles. The summed E-state index contributed by atoms with van der Waals surface area (Å²) < 4.78 is 42.1. The summed E-state index contributed by atoms with van der Waals surface area (Å²) >= 11 is 0. The van der Waals surface area contributed by atoms with Gasteiger partial charge >= 0.3 is 6.36 Å². The highest BCUT2D eigenvalue weighted by Gasteiger charge is 2.41. The third kappa shape index (κ3) is 5.39. The summed E-state index contributed by atoms with van der Waals surface area (Å²) in [6.07, 6.45) is 0.718. The first-order chi connectivity index (χ1) is 13.2. The number of nitrogens with zero attached hydrogens (tertiary/aromatic N) is 2. The lowest BCUT2D eigenvalue weighted by molar-refractivity contribution is -0.274. The third-order valence-corrected chi connectivity index (χ3v) is 6.28. The van der Waals surface area contributed by atoms with Crippen LogP contribution in [0.15, 0.2) is 24.3 Å². The number of hydrogen-bond donors (Lipinski definition) is 1. The van der Waals surface area contributed by atoms with E-state index in [-0.39, 0.29) is 11.7 Å². The van der Waals surface area contributed by atoms with Gasteiger partial charge in [-0.1, -0.05) is 31.4 Å². The molecule has 0 amide bonds. The van der Waals surface area contributed by atoms with Crippen LogP contribution < -0.4 is 4.74 Å². The number of halogens is 3. The minimum atomic E-state index is -4.72. The van der Waals surface area contributed by atoms with Crippen LogP contribution in [0.5, 0.6) is 5.75 Å². The van der Waals surface area contributed by atoms with Gasteiger partial charge in [-0.15, -0.1) is 13.2 Å². The molecule has 0 bridgehead atoms. The molecule has 0 radical (unpaired) electrons. The fraction of sp³-hybridized carbons (Fsp3) is 0.714. The van der Waals surface area contributed by atoms with E-state index in [4.69, 9.17) is 0 Å². The summed E-state index contributed by atoms with van der Waals surface area (Å²) in [7, 11) is 4.14. The first-order valence-corrected chi connectivity index (χ1v) is 10.1. The molecule has 1 N–H and O–H groups in total. The molecule has 1 aromatic carbocycles. The van der Waals surface area contributed by atoms with Gasteiger partial charge < -0.3 is 19.6 Å². The molecular weight excluding hydrogens is 369 g/mol. The van der Waals surface area contributed by atoms with Gasteiger partial charge in [0.2, 0.25) is 0 Å². The zero-order valence-electron chi connectivity index (χ0n) is 16.7. The van der Waals surface area contributed by atoms with Gasteiger partial charge in [-0.3, -0.25) is 0 Å². The van der Waals surface area contributed by atoms with Crippen LogP contribution in [0.2, 0.25) is 0 Å². The van der Waals surface area contributed by atoms with Crippen LogP contribution in [0.4, 0.5) is 13.2 Å². The Morgan fingerprint density at radius 1 is 1.25 bits per heavy atom. The van der Waals surface area contributed by atoms with Crippen LogP contribution in [0.1, 0.15) is 50.0 Å². The topological polar surface area (TPSA) is 35.9 Å². The molecule has 4 nitrogen and oxygen atoms in total.